The zero-order valence-electron chi connectivity index (χ0n) is 13.1. The largest absolute Gasteiger partial charge is 0.375 e. The van der Waals surface area contributed by atoms with E-state index >= 15 is 0 Å². The van der Waals surface area contributed by atoms with Gasteiger partial charge in [-0.15, -0.1) is 0 Å². The van der Waals surface area contributed by atoms with Crippen molar-refractivity contribution < 1.29 is 4.74 Å². The molecule has 116 valence electrons. The highest BCUT2D eigenvalue weighted by Gasteiger charge is 2.48. The minimum Gasteiger partial charge on any atom is -0.375 e. The van der Waals surface area contributed by atoms with E-state index in [2.05, 4.69) is 31.3 Å². The quantitative estimate of drug-likeness (QED) is 0.875. The number of ether oxygens (including phenoxy) is 1. The Morgan fingerprint density at radius 1 is 1.33 bits per heavy atom. The molecule has 2 aliphatic heterocycles. The molecule has 0 amide bonds. The average molecular weight is 308 g/mol. The maximum absolute atomic E-state index is 6.51. The fraction of sp³-hybridized carbons (Fsp3) is 0.667. The summed E-state index contributed by atoms with van der Waals surface area (Å²) in [5, 5.41) is 4.49. The molecule has 3 unspecified atom stereocenters. The lowest BCUT2D eigenvalue weighted by Crippen LogP contribution is -2.51. The van der Waals surface area contributed by atoms with Gasteiger partial charge in [0.2, 0.25) is 0 Å². The summed E-state index contributed by atoms with van der Waals surface area (Å²) < 4.78 is 6.10. The first-order valence-corrected chi connectivity index (χ1v) is 8.55. The normalized spacial score (nSPS) is 36.8. The molecular formula is C18H26ClNO. The van der Waals surface area contributed by atoms with E-state index < -0.39 is 0 Å². The van der Waals surface area contributed by atoms with E-state index in [1.165, 1.54) is 12.0 Å². The molecule has 3 heteroatoms. The van der Waals surface area contributed by atoms with Crippen LogP contribution >= 0.6 is 11.6 Å². The van der Waals surface area contributed by atoms with Crippen LogP contribution in [0.25, 0.3) is 0 Å². The predicted octanol–water partition coefficient (Wildman–Crippen LogP) is 4.38. The van der Waals surface area contributed by atoms with E-state index in [1.807, 2.05) is 12.1 Å². The van der Waals surface area contributed by atoms with Crippen LogP contribution in [0.5, 0.6) is 0 Å². The van der Waals surface area contributed by atoms with Crippen LogP contribution in [0, 0.1) is 5.41 Å². The lowest BCUT2D eigenvalue weighted by atomic mass is 9.60. The van der Waals surface area contributed by atoms with Gasteiger partial charge < -0.3 is 10.1 Å². The van der Waals surface area contributed by atoms with Crippen LogP contribution in [0.2, 0.25) is 5.02 Å². The molecule has 1 aromatic rings. The Kier molecular flexibility index (Phi) is 4.31. The highest BCUT2D eigenvalue weighted by atomic mass is 35.5. The van der Waals surface area contributed by atoms with E-state index in [4.69, 9.17) is 16.3 Å². The van der Waals surface area contributed by atoms with Crippen LogP contribution in [-0.2, 0) is 4.74 Å². The van der Waals surface area contributed by atoms with Crippen molar-refractivity contribution >= 4 is 11.6 Å². The van der Waals surface area contributed by atoms with Crippen molar-refractivity contribution in [2.24, 2.45) is 5.41 Å². The van der Waals surface area contributed by atoms with Gasteiger partial charge >= 0.3 is 0 Å². The minimum absolute atomic E-state index is 0.0229. The lowest BCUT2D eigenvalue weighted by molar-refractivity contribution is -0.130. The molecule has 3 atom stereocenters. The summed E-state index contributed by atoms with van der Waals surface area (Å²) >= 11 is 6.51. The maximum Gasteiger partial charge on any atom is 0.0657 e. The SMILES string of the molecule is CCC1(C)CC2(CCNCC2c2ccccc2Cl)CCO1. The van der Waals surface area contributed by atoms with Crippen LogP contribution in [0.1, 0.15) is 51.0 Å². The van der Waals surface area contributed by atoms with E-state index in [0.717, 1.165) is 44.0 Å². The predicted molar refractivity (Wildman–Crippen MR) is 88.0 cm³/mol. The topological polar surface area (TPSA) is 21.3 Å². The number of halogens is 1. The molecule has 0 bridgehead atoms. The molecule has 1 spiro atoms. The van der Waals surface area contributed by atoms with Gasteiger partial charge in [-0.2, -0.15) is 0 Å². The number of hydrogen-bond donors (Lipinski definition) is 1. The van der Waals surface area contributed by atoms with E-state index in [1.54, 1.807) is 0 Å². The molecular weight excluding hydrogens is 282 g/mol. The van der Waals surface area contributed by atoms with Crippen molar-refractivity contribution in [1.29, 1.82) is 0 Å². The number of rotatable bonds is 2. The maximum atomic E-state index is 6.51. The summed E-state index contributed by atoms with van der Waals surface area (Å²) in [6.07, 6.45) is 4.60. The number of hydrogen-bond acceptors (Lipinski definition) is 2. The highest BCUT2D eigenvalue weighted by molar-refractivity contribution is 6.31. The summed E-state index contributed by atoms with van der Waals surface area (Å²) in [5.41, 5.74) is 1.67. The molecule has 0 aromatic heterocycles. The Hall–Kier alpha value is -0.570. The van der Waals surface area contributed by atoms with Gasteiger partial charge in [-0.25, -0.2) is 0 Å². The third kappa shape index (κ3) is 2.86. The van der Waals surface area contributed by atoms with Gasteiger partial charge in [-0.3, -0.25) is 0 Å². The minimum atomic E-state index is 0.0229. The Balaban J connectivity index is 1.96. The van der Waals surface area contributed by atoms with Crippen LogP contribution in [0.15, 0.2) is 24.3 Å². The fourth-order valence-corrected chi connectivity index (χ4v) is 4.56. The second kappa shape index (κ2) is 5.91. The Morgan fingerprint density at radius 2 is 2.14 bits per heavy atom. The molecule has 21 heavy (non-hydrogen) atoms. The molecule has 2 heterocycles. The van der Waals surface area contributed by atoms with Crippen LogP contribution < -0.4 is 5.32 Å². The summed E-state index contributed by atoms with van der Waals surface area (Å²) in [4.78, 5) is 0. The molecule has 2 fully saturated rings. The first kappa shape index (κ1) is 15.3. The van der Waals surface area contributed by atoms with Gasteiger partial charge in [-0.05, 0) is 56.2 Å². The zero-order chi connectivity index (χ0) is 14.9. The summed E-state index contributed by atoms with van der Waals surface area (Å²) in [5.74, 6) is 0.495. The molecule has 3 rings (SSSR count). The van der Waals surface area contributed by atoms with Crippen molar-refractivity contribution in [3.63, 3.8) is 0 Å². The monoisotopic (exact) mass is 307 g/mol. The molecule has 0 aliphatic carbocycles. The standard InChI is InChI=1S/C18H26ClNO/c1-3-17(2)13-18(9-11-21-17)8-10-20-12-15(18)14-6-4-5-7-16(14)19/h4-7,15,20H,3,8-13H2,1-2H3. The molecule has 2 nitrogen and oxygen atoms in total. The first-order chi connectivity index (χ1) is 10.1. The Labute approximate surface area is 133 Å². The van der Waals surface area contributed by atoms with Crippen molar-refractivity contribution in [1.82, 2.24) is 5.32 Å². The van der Waals surface area contributed by atoms with Crippen molar-refractivity contribution in [3.8, 4) is 0 Å². The van der Waals surface area contributed by atoms with Gasteiger partial charge in [-0.1, -0.05) is 36.7 Å². The zero-order valence-corrected chi connectivity index (χ0v) is 13.9. The second-order valence-corrected chi connectivity index (χ2v) is 7.38. The van der Waals surface area contributed by atoms with Crippen molar-refractivity contribution in [2.75, 3.05) is 19.7 Å². The van der Waals surface area contributed by atoms with E-state index in [9.17, 15) is 0 Å². The number of piperidine rings is 1. The molecule has 1 N–H and O–H groups in total. The lowest BCUT2D eigenvalue weighted by Gasteiger charge is -2.52. The molecule has 1 aromatic carbocycles. The number of nitrogens with one attached hydrogen (secondary N) is 1. The Morgan fingerprint density at radius 3 is 2.90 bits per heavy atom. The van der Waals surface area contributed by atoms with Gasteiger partial charge in [0.1, 0.15) is 0 Å². The third-order valence-electron chi connectivity index (χ3n) is 5.69. The van der Waals surface area contributed by atoms with Gasteiger partial charge in [0.05, 0.1) is 5.60 Å². The molecule has 2 aliphatic rings. The van der Waals surface area contributed by atoms with Crippen LogP contribution in [0.4, 0.5) is 0 Å². The molecule has 0 saturated carbocycles. The number of benzene rings is 1. The van der Waals surface area contributed by atoms with Crippen molar-refractivity contribution in [3.05, 3.63) is 34.9 Å². The van der Waals surface area contributed by atoms with Crippen LogP contribution in [0.3, 0.4) is 0 Å². The van der Waals surface area contributed by atoms with Gasteiger partial charge in [0.25, 0.3) is 0 Å². The second-order valence-electron chi connectivity index (χ2n) is 6.97. The Bertz CT molecular complexity index is 502. The van der Waals surface area contributed by atoms with Gasteiger partial charge in [0.15, 0.2) is 0 Å². The van der Waals surface area contributed by atoms with Crippen molar-refractivity contribution in [2.45, 2.75) is 51.0 Å². The summed E-state index contributed by atoms with van der Waals surface area (Å²) in [6, 6.07) is 8.37. The summed E-state index contributed by atoms with van der Waals surface area (Å²) in [6.45, 7) is 7.54. The first-order valence-electron chi connectivity index (χ1n) is 8.18. The van der Waals surface area contributed by atoms with E-state index in [0.29, 0.717) is 11.3 Å². The smallest absolute Gasteiger partial charge is 0.0657 e. The molecule has 0 radical (unpaired) electrons. The average Bonchev–Trinajstić information content (AvgIpc) is 2.49. The highest BCUT2D eigenvalue weighted by Crippen LogP contribution is 2.53. The third-order valence-corrected chi connectivity index (χ3v) is 6.04. The summed E-state index contributed by atoms with van der Waals surface area (Å²) in [7, 11) is 0. The van der Waals surface area contributed by atoms with Crippen LogP contribution in [-0.4, -0.2) is 25.3 Å². The molecule has 2 saturated heterocycles. The fourth-order valence-electron chi connectivity index (χ4n) is 4.29. The van der Waals surface area contributed by atoms with Gasteiger partial charge in [0, 0.05) is 24.1 Å². The van der Waals surface area contributed by atoms with E-state index in [-0.39, 0.29) is 5.60 Å².